The quantitative estimate of drug-likeness (QED) is 0.832. The summed E-state index contributed by atoms with van der Waals surface area (Å²) in [5, 5.41) is 6.89. The Morgan fingerprint density at radius 2 is 2.00 bits per heavy atom. The number of rotatable bonds is 3. The minimum absolute atomic E-state index is 0.248. The second-order valence-electron chi connectivity index (χ2n) is 2.85. The van der Waals surface area contributed by atoms with E-state index in [2.05, 4.69) is 0 Å². The highest BCUT2D eigenvalue weighted by atomic mass is 32.2. The van der Waals surface area contributed by atoms with Crippen LogP contribution in [0.1, 0.15) is 19.4 Å². The minimum atomic E-state index is -1.05. The summed E-state index contributed by atoms with van der Waals surface area (Å²) in [6, 6.07) is 4.82. The lowest BCUT2D eigenvalue weighted by atomic mass is 10.2. The molecule has 1 unspecified atom stereocenters. The van der Waals surface area contributed by atoms with E-state index >= 15 is 0 Å². The van der Waals surface area contributed by atoms with Crippen LogP contribution in [0.2, 0.25) is 0 Å². The lowest BCUT2D eigenvalue weighted by molar-refractivity contribution is -0.122. The maximum atomic E-state index is 13.2. The third-order valence-electron chi connectivity index (χ3n) is 1.93. The van der Waals surface area contributed by atoms with E-state index in [0.717, 1.165) is 0 Å². The highest BCUT2D eigenvalue weighted by Gasteiger charge is 2.05. The summed E-state index contributed by atoms with van der Waals surface area (Å²) in [5.41, 5.74) is 0.678. The Kier molecular flexibility index (Phi) is 7.37. The average molecular weight is 246 g/mol. The van der Waals surface area contributed by atoms with Gasteiger partial charge in [0.25, 0.3) is 6.47 Å². The summed E-state index contributed by atoms with van der Waals surface area (Å²) in [5.74, 6) is 0.284. The fourth-order valence-electron chi connectivity index (χ4n) is 1.12. The van der Waals surface area contributed by atoms with Gasteiger partial charge in [-0.3, -0.25) is 9.00 Å². The average Bonchev–Trinajstić information content (AvgIpc) is 2.29. The smallest absolute Gasteiger partial charge is 0.290 e. The van der Waals surface area contributed by atoms with E-state index in [0.29, 0.717) is 22.6 Å². The molecule has 5 heteroatoms. The molecule has 1 atom stereocenters. The highest BCUT2D eigenvalue weighted by Crippen LogP contribution is 2.13. The zero-order chi connectivity index (χ0) is 12.6. The Hall–Kier alpha value is -1.23. The third-order valence-corrected chi connectivity index (χ3v) is 3.23. The van der Waals surface area contributed by atoms with Gasteiger partial charge < -0.3 is 5.11 Å². The SMILES string of the molecule is CCc1ccc(S(=O)CC)cc1F.O=CO. The van der Waals surface area contributed by atoms with Gasteiger partial charge in [0.2, 0.25) is 0 Å². The van der Waals surface area contributed by atoms with E-state index in [1.165, 1.54) is 6.07 Å². The number of aryl methyl sites for hydroxylation is 1. The summed E-state index contributed by atoms with van der Waals surface area (Å²) in [6.07, 6.45) is 0.672. The van der Waals surface area contributed by atoms with E-state index in [1.807, 2.05) is 13.8 Å². The molecule has 0 bridgehead atoms. The highest BCUT2D eigenvalue weighted by molar-refractivity contribution is 7.85. The Morgan fingerprint density at radius 3 is 2.38 bits per heavy atom. The molecule has 0 heterocycles. The van der Waals surface area contributed by atoms with Crippen LogP contribution in [0.4, 0.5) is 4.39 Å². The molecule has 0 spiro atoms. The van der Waals surface area contributed by atoms with Crippen molar-refractivity contribution < 1.29 is 18.5 Å². The molecule has 0 aromatic heterocycles. The Balaban J connectivity index is 0.000000673. The van der Waals surface area contributed by atoms with Gasteiger partial charge in [-0.15, -0.1) is 0 Å². The van der Waals surface area contributed by atoms with Crippen molar-refractivity contribution in [3.05, 3.63) is 29.6 Å². The molecule has 90 valence electrons. The molecular weight excluding hydrogens is 231 g/mol. The van der Waals surface area contributed by atoms with Gasteiger partial charge >= 0.3 is 0 Å². The van der Waals surface area contributed by atoms with Crippen LogP contribution in [0.15, 0.2) is 23.1 Å². The van der Waals surface area contributed by atoms with Crippen LogP contribution in [0, 0.1) is 5.82 Å². The molecule has 16 heavy (non-hydrogen) atoms. The van der Waals surface area contributed by atoms with Crippen molar-refractivity contribution >= 4 is 17.3 Å². The number of hydrogen-bond donors (Lipinski definition) is 1. The third kappa shape index (κ3) is 4.53. The Bertz CT molecular complexity index is 366. The van der Waals surface area contributed by atoms with Crippen LogP contribution in [-0.2, 0) is 22.0 Å². The van der Waals surface area contributed by atoms with E-state index in [4.69, 9.17) is 9.90 Å². The van der Waals surface area contributed by atoms with Crippen LogP contribution in [0.3, 0.4) is 0 Å². The van der Waals surface area contributed by atoms with Crippen LogP contribution in [0.25, 0.3) is 0 Å². The molecule has 0 aliphatic rings. The van der Waals surface area contributed by atoms with Gasteiger partial charge in [0.05, 0.1) is 10.8 Å². The largest absolute Gasteiger partial charge is 0.483 e. The van der Waals surface area contributed by atoms with Gasteiger partial charge in [-0.25, -0.2) is 4.39 Å². The standard InChI is InChI=1S/C10H13FOS.CH2O2/c1-3-8-5-6-9(7-10(8)11)13(12)4-2;2-1-3/h5-7H,3-4H2,1-2H3;1H,(H,2,3). The zero-order valence-corrected chi connectivity index (χ0v) is 10.1. The Labute approximate surface area is 96.8 Å². The lowest BCUT2D eigenvalue weighted by Crippen LogP contribution is -1.96. The first kappa shape index (κ1) is 14.8. The van der Waals surface area contributed by atoms with Crippen LogP contribution in [0.5, 0.6) is 0 Å². The molecule has 0 saturated heterocycles. The number of benzene rings is 1. The molecule has 0 fully saturated rings. The maximum absolute atomic E-state index is 13.2. The fraction of sp³-hybridized carbons (Fsp3) is 0.364. The van der Waals surface area contributed by atoms with E-state index in [-0.39, 0.29) is 12.3 Å². The van der Waals surface area contributed by atoms with Crippen LogP contribution < -0.4 is 0 Å². The molecule has 0 saturated carbocycles. The van der Waals surface area contributed by atoms with Gasteiger partial charge in [-0.1, -0.05) is 19.9 Å². The van der Waals surface area contributed by atoms with E-state index in [1.54, 1.807) is 12.1 Å². The summed E-state index contributed by atoms with van der Waals surface area (Å²) in [4.78, 5) is 8.94. The van der Waals surface area contributed by atoms with Crippen molar-refractivity contribution in [3.63, 3.8) is 0 Å². The topological polar surface area (TPSA) is 54.4 Å². The van der Waals surface area contributed by atoms with Crippen molar-refractivity contribution in [1.29, 1.82) is 0 Å². The second kappa shape index (κ2) is 7.98. The van der Waals surface area contributed by atoms with E-state index in [9.17, 15) is 8.60 Å². The normalized spacial score (nSPS) is 11.2. The predicted molar refractivity (Wildman–Crippen MR) is 61.4 cm³/mol. The fourth-order valence-corrected chi connectivity index (χ4v) is 1.91. The summed E-state index contributed by atoms with van der Waals surface area (Å²) in [7, 11) is -1.05. The van der Waals surface area contributed by atoms with Crippen LogP contribution in [-0.4, -0.2) is 21.5 Å². The summed E-state index contributed by atoms with van der Waals surface area (Å²) >= 11 is 0. The lowest BCUT2D eigenvalue weighted by Gasteiger charge is -2.02. The van der Waals surface area contributed by atoms with Crippen molar-refractivity contribution in [2.45, 2.75) is 25.2 Å². The first-order valence-electron chi connectivity index (χ1n) is 4.85. The van der Waals surface area contributed by atoms with Crippen molar-refractivity contribution in [1.82, 2.24) is 0 Å². The molecular formula is C11H15FO3S. The molecule has 1 N–H and O–H groups in total. The summed E-state index contributed by atoms with van der Waals surface area (Å²) in [6.45, 7) is 3.47. The van der Waals surface area contributed by atoms with Gasteiger partial charge in [-0.05, 0) is 24.1 Å². The van der Waals surface area contributed by atoms with Crippen molar-refractivity contribution in [2.24, 2.45) is 0 Å². The number of carbonyl (C=O) groups is 1. The van der Waals surface area contributed by atoms with Crippen LogP contribution >= 0.6 is 0 Å². The van der Waals surface area contributed by atoms with E-state index < -0.39 is 10.8 Å². The Morgan fingerprint density at radius 1 is 1.44 bits per heavy atom. The number of hydrogen-bond acceptors (Lipinski definition) is 2. The first-order chi connectivity index (χ1) is 7.60. The monoisotopic (exact) mass is 246 g/mol. The number of carboxylic acid groups (broad SMARTS) is 1. The van der Waals surface area contributed by atoms with Gasteiger partial charge in [0.1, 0.15) is 5.82 Å². The molecule has 1 aromatic carbocycles. The molecule has 0 aliphatic carbocycles. The molecule has 1 aromatic rings. The van der Waals surface area contributed by atoms with Gasteiger partial charge in [-0.2, -0.15) is 0 Å². The zero-order valence-electron chi connectivity index (χ0n) is 9.27. The van der Waals surface area contributed by atoms with Crippen molar-refractivity contribution in [3.8, 4) is 0 Å². The first-order valence-corrected chi connectivity index (χ1v) is 6.17. The van der Waals surface area contributed by atoms with Crippen molar-refractivity contribution in [2.75, 3.05) is 5.75 Å². The molecule has 0 radical (unpaired) electrons. The minimum Gasteiger partial charge on any atom is -0.483 e. The molecule has 0 aliphatic heterocycles. The molecule has 0 amide bonds. The number of halogens is 1. The van der Waals surface area contributed by atoms with Gasteiger partial charge in [0, 0.05) is 10.6 Å². The molecule has 1 rings (SSSR count). The summed E-state index contributed by atoms with van der Waals surface area (Å²) < 4.78 is 24.5. The maximum Gasteiger partial charge on any atom is 0.290 e. The molecule has 3 nitrogen and oxygen atoms in total. The second-order valence-corrected chi connectivity index (χ2v) is 4.59. The predicted octanol–water partition coefficient (Wildman–Crippen LogP) is 2.22. The van der Waals surface area contributed by atoms with Gasteiger partial charge in [0.15, 0.2) is 0 Å².